The highest BCUT2D eigenvalue weighted by molar-refractivity contribution is 6.31. The van der Waals surface area contributed by atoms with Crippen LogP contribution in [0.4, 0.5) is 5.69 Å². The van der Waals surface area contributed by atoms with Crippen LogP contribution < -0.4 is 4.90 Å². The summed E-state index contributed by atoms with van der Waals surface area (Å²) in [6.07, 6.45) is 5.55. The number of piperazine rings is 1. The lowest BCUT2D eigenvalue weighted by atomic mass is 10.1. The number of carbonyl (C=O) groups is 1. The van der Waals surface area contributed by atoms with Crippen molar-refractivity contribution in [2.45, 2.75) is 24.8 Å². The smallest absolute Gasteiger partial charge is 0.337 e. The van der Waals surface area contributed by atoms with Crippen LogP contribution in [0.5, 0.6) is 0 Å². The summed E-state index contributed by atoms with van der Waals surface area (Å²) < 4.78 is 0. The maximum absolute atomic E-state index is 11.4. The van der Waals surface area contributed by atoms with Crippen LogP contribution in [0.25, 0.3) is 0 Å². The van der Waals surface area contributed by atoms with Crippen molar-refractivity contribution in [3.8, 4) is 0 Å². The summed E-state index contributed by atoms with van der Waals surface area (Å²) in [7, 11) is 0. The van der Waals surface area contributed by atoms with Gasteiger partial charge in [0.1, 0.15) is 0 Å². The first-order valence-electron chi connectivity index (χ1n) is 7.69. The van der Waals surface area contributed by atoms with Gasteiger partial charge in [-0.1, -0.05) is 17.7 Å². The van der Waals surface area contributed by atoms with Gasteiger partial charge in [0.05, 0.1) is 11.3 Å². The Balaban J connectivity index is 1.73. The number of benzene rings is 1. The maximum atomic E-state index is 11.4. The van der Waals surface area contributed by atoms with Crippen molar-refractivity contribution < 1.29 is 9.90 Å². The molecule has 3 rings (SSSR count). The Kier molecular flexibility index (Phi) is 4.15. The van der Waals surface area contributed by atoms with Crippen molar-refractivity contribution in [1.29, 1.82) is 0 Å². The van der Waals surface area contributed by atoms with E-state index in [4.69, 9.17) is 11.6 Å². The lowest BCUT2D eigenvalue weighted by Crippen LogP contribution is -2.51. The molecular weight excluding hydrogens is 300 g/mol. The predicted octanol–water partition coefficient (Wildman–Crippen LogP) is 3.27. The zero-order valence-electron chi connectivity index (χ0n) is 12.6. The van der Waals surface area contributed by atoms with Crippen molar-refractivity contribution in [2.24, 2.45) is 0 Å². The molecule has 0 aromatic heterocycles. The summed E-state index contributed by atoms with van der Waals surface area (Å²) in [6.45, 7) is 7.45. The van der Waals surface area contributed by atoms with E-state index in [1.807, 2.05) is 6.08 Å². The van der Waals surface area contributed by atoms with Crippen LogP contribution in [-0.4, -0.2) is 47.7 Å². The normalized spacial score (nSPS) is 20.7. The molecule has 0 radical (unpaired) electrons. The van der Waals surface area contributed by atoms with Gasteiger partial charge in [0.25, 0.3) is 0 Å². The summed E-state index contributed by atoms with van der Waals surface area (Å²) in [5, 5.41) is 9.93. The van der Waals surface area contributed by atoms with E-state index >= 15 is 0 Å². The Bertz CT molecular complexity index is 590. The number of rotatable bonds is 5. The first-order valence-corrected chi connectivity index (χ1v) is 8.07. The van der Waals surface area contributed by atoms with Gasteiger partial charge in [-0.2, -0.15) is 0 Å². The molecule has 118 valence electrons. The van der Waals surface area contributed by atoms with Crippen LogP contribution in [0.1, 0.15) is 29.6 Å². The van der Waals surface area contributed by atoms with E-state index < -0.39 is 5.97 Å². The fourth-order valence-corrected chi connectivity index (χ4v) is 3.60. The molecule has 1 saturated heterocycles. The second-order valence-electron chi connectivity index (χ2n) is 6.16. The van der Waals surface area contributed by atoms with E-state index in [9.17, 15) is 9.90 Å². The molecule has 1 N–H and O–H groups in total. The number of hydrogen-bond acceptors (Lipinski definition) is 3. The molecule has 1 aliphatic heterocycles. The molecule has 0 atom stereocenters. The highest BCUT2D eigenvalue weighted by atomic mass is 35.5. The van der Waals surface area contributed by atoms with Crippen LogP contribution in [0.3, 0.4) is 0 Å². The zero-order chi connectivity index (χ0) is 15.7. The predicted molar refractivity (Wildman–Crippen MR) is 89.0 cm³/mol. The van der Waals surface area contributed by atoms with Gasteiger partial charge >= 0.3 is 5.97 Å². The first kappa shape index (κ1) is 15.4. The third-order valence-electron chi connectivity index (χ3n) is 4.83. The standard InChI is InChI=1S/C17H21ClN2O2/c1-2-5-17(6-7-17)20-10-8-19(9-11-20)15-12-13(18)3-4-14(15)16(21)22/h2-4,12H,1,5-11H2,(H,21,22). The molecule has 1 heterocycles. The molecule has 5 heteroatoms. The second kappa shape index (κ2) is 5.94. The second-order valence-corrected chi connectivity index (χ2v) is 6.59. The van der Waals surface area contributed by atoms with Crippen LogP contribution in [0.2, 0.25) is 5.02 Å². The summed E-state index contributed by atoms with van der Waals surface area (Å²) in [5.41, 5.74) is 1.39. The minimum atomic E-state index is -0.903. The number of hydrogen-bond donors (Lipinski definition) is 1. The van der Waals surface area contributed by atoms with E-state index in [-0.39, 0.29) is 0 Å². The quantitative estimate of drug-likeness (QED) is 0.846. The molecule has 1 aliphatic carbocycles. The molecular formula is C17H21ClN2O2. The zero-order valence-corrected chi connectivity index (χ0v) is 13.4. The Morgan fingerprint density at radius 1 is 1.32 bits per heavy atom. The van der Waals surface area contributed by atoms with Crippen LogP contribution >= 0.6 is 11.6 Å². The van der Waals surface area contributed by atoms with E-state index in [2.05, 4.69) is 16.4 Å². The van der Waals surface area contributed by atoms with Gasteiger partial charge in [0, 0.05) is 36.7 Å². The molecule has 1 aromatic carbocycles. The number of nitrogens with zero attached hydrogens (tertiary/aromatic N) is 2. The summed E-state index contributed by atoms with van der Waals surface area (Å²) in [5.74, 6) is -0.903. The van der Waals surface area contributed by atoms with Crippen molar-refractivity contribution in [2.75, 3.05) is 31.1 Å². The third-order valence-corrected chi connectivity index (χ3v) is 5.07. The molecule has 4 nitrogen and oxygen atoms in total. The van der Waals surface area contributed by atoms with Crippen molar-refractivity contribution in [3.63, 3.8) is 0 Å². The van der Waals surface area contributed by atoms with Crippen LogP contribution in [-0.2, 0) is 0 Å². The van der Waals surface area contributed by atoms with Crippen LogP contribution in [0.15, 0.2) is 30.9 Å². The summed E-state index contributed by atoms with van der Waals surface area (Å²) in [4.78, 5) is 16.1. The Labute approximate surface area is 136 Å². The van der Waals surface area contributed by atoms with Gasteiger partial charge in [0.2, 0.25) is 0 Å². The molecule has 2 fully saturated rings. The Hall–Kier alpha value is -1.52. The number of aromatic carboxylic acids is 1. The summed E-state index contributed by atoms with van der Waals surface area (Å²) in [6, 6.07) is 4.98. The highest BCUT2D eigenvalue weighted by Gasteiger charge is 2.47. The Morgan fingerprint density at radius 3 is 2.55 bits per heavy atom. The average Bonchev–Trinajstić information content (AvgIpc) is 3.28. The molecule has 1 saturated carbocycles. The number of carboxylic acids is 1. The van der Waals surface area contributed by atoms with Gasteiger partial charge in [-0.25, -0.2) is 4.79 Å². The number of carboxylic acid groups (broad SMARTS) is 1. The van der Waals surface area contributed by atoms with Gasteiger partial charge in [0.15, 0.2) is 0 Å². The monoisotopic (exact) mass is 320 g/mol. The SMILES string of the molecule is C=CCC1(N2CCN(c3cc(Cl)ccc3C(=O)O)CC2)CC1. The van der Waals surface area contributed by atoms with Gasteiger partial charge < -0.3 is 10.0 Å². The lowest BCUT2D eigenvalue weighted by molar-refractivity contribution is 0.0697. The fraction of sp³-hybridized carbons (Fsp3) is 0.471. The van der Waals surface area contributed by atoms with E-state index in [1.54, 1.807) is 18.2 Å². The molecule has 1 aromatic rings. The average molecular weight is 321 g/mol. The van der Waals surface area contributed by atoms with Gasteiger partial charge in [-0.3, -0.25) is 4.90 Å². The number of halogens is 1. The molecule has 0 spiro atoms. The summed E-state index contributed by atoms with van der Waals surface area (Å²) >= 11 is 6.05. The van der Waals surface area contributed by atoms with E-state index in [0.717, 1.165) is 38.3 Å². The van der Waals surface area contributed by atoms with Crippen molar-refractivity contribution >= 4 is 23.3 Å². The topological polar surface area (TPSA) is 43.8 Å². The highest BCUT2D eigenvalue weighted by Crippen LogP contribution is 2.45. The molecule has 22 heavy (non-hydrogen) atoms. The third kappa shape index (κ3) is 2.85. The minimum Gasteiger partial charge on any atom is -0.478 e. The Morgan fingerprint density at radius 2 is 2.00 bits per heavy atom. The molecule has 0 unspecified atom stereocenters. The van der Waals surface area contributed by atoms with Gasteiger partial charge in [-0.15, -0.1) is 6.58 Å². The van der Waals surface area contributed by atoms with Crippen molar-refractivity contribution in [3.05, 3.63) is 41.4 Å². The van der Waals surface area contributed by atoms with Crippen molar-refractivity contribution in [1.82, 2.24) is 4.90 Å². The largest absolute Gasteiger partial charge is 0.478 e. The molecule has 2 aliphatic rings. The minimum absolute atomic E-state index is 0.324. The van der Waals surface area contributed by atoms with Crippen LogP contribution in [0, 0.1) is 0 Å². The maximum Gasteiger partial charge on any atom is 0.337 e. The fourth-order valence-electron chi connectivity index (χ4n) is 3.43. The number of anilines is 1. The molecule has 0 bridgehead atoms. The van der Waals surface area contributed by atoms with E-state index in [1.165, 1.54) is 12.8 Å². The first-order chi connectivity index (χ1) is 10.6. The van der Waals surface area contributed by atoms with Gasteiger partial charge in [-0.05, 0) is 37.5 Å². The molecule has 0 amide bonds. The lowest BCUT2D eigenvalue weighted by Gasteiger charge is -2.41. The van der Waals surface area contributed by atoms with E-state index in [0.29, 0.717) is 16.1 Å².